The van der Waals surface area contributed by atoms with Crippen LogP contribution < -0.4 is 11.1 Å². The van der Waals surface area contributed by atoms with Crippen molar-refractivity contribution in [3.8, 4) is 0 Å². The molecule has 4 atom stereocenters. The van der Waals surface area contributed by atoms with Crippen molar-refractivity contribution in [2.45, 2.75) is 39.3 Å². The highest BCUT2D eigenvalue weighted by molar-refractivity contribution is 5.85. The molecule has 0 saturated heterocycles. The minimum atomic E-state index is -1.02. The molecule has 0 saturated carbocycles. The van der Waals surface area contributed by atoms with Gasteiger partial charge in [-0.2, -0.15) is 0 Å². The molecule has 0 heterocycles. The number of carboxylic acid groups (broad SMARTS) is 1. The van der Waals surface area contributed by atoms with E-state index >= 15 is 0 Å². The van der Waals surface area contributed by atoms with Gasteiger partial charge in [0.15, 0.2) is 0 Å². The molecule has 21 heavy (non-hydrogen) atoms. The summed E-state index contributed by atoms with van der Waals surface area (Å²) in [4.78, 5) is 23.5. The summed E-state index contributed by atoms with van der Waals surface area (Å²) in [6.45, 7) is 5.41. The van der Waals surface area contributed by atoms with Crippen LogP contribution in [0.2, 0.25) is 0 Å². The van der Waals surface area contributed by atoms with E-state index in [1.165, 1.54) is 0 Å². The number of benzene rings is 1. The summed E-state index contributed by atoms with van der Waals surface area (Å²) in [7, 11) is 0. The van der Waals surface area contributed by atoms with Gasteiger partial charge in [0, 0.05) is 6.04 Å². The van der Waals surface area contributed by atoms with E-state index in [1.807, 2.05) is 37.3 Å². The lowest BCUT2D eigenvalue weighted by atomic mass is 9.93. The number of aliphatic carboxylic acids is 1. The monoisotopic (exact) mass is 292 g/mol. The van der Waals surface area contributed by atoms with Crippen molar-refractivity contribution in [1.29, 1.82) is 0 Å². The lowest BCUT2D eigenvalue weighted by Crippen LogP contribution is -2.48. The predicted molar refractivity (Wildman–Crippen MR) is 81.6 cm³/mol. The van der Waals surface area contributed by atoms with Crippen LogP contribution in [-0.2, 0) is 9.59 Å². The summed E-state index contributed by atoms with van der Waals surface area (Å²) >= 11 is 0. The molecule has 0 spiro atoms. The van der Waals surface area contributed by atoms with Crippen molar-refractivity contribution >= 4 is 11.9 Å². The highest BCUT2D eigenvalue weighted by atomic mass is 16.4. The summed E-state index contributed by atoms with van der Waals surface area (Å²) in [5.41, 5.74) is 6.95. The molecule has 0 radical (unpaired) electrons. The van der Waals surface area contributed by atoms with E-state index in [-0.39, 0.29) is 11.8 Å². The Kier molecular flexibility index (Phi) is 6.37. The molecule has 1 rings (SSSR count). The molecule has 0 aromatic heterocycles. The third kappa shape index (κ3) is 4.56. The highest BCUT2D eigenvalue weighted by Gasteiger charge is 2.29. The first-order valence-corrected chi connectivity index (χ1v) is 7.22. The first-order valence-electron chi connectivity index (χ1n) is 7.22. The fourth-order valence-electron chi connectivity index (χ4n) is 2.09. The number of hydrogen-bond donors (Lipinski definition) is 3. The quantitative estimate of drug-likeness (QED) is 0.716. The molecule has 5 nitrogen and oxygen atoms in total. The van der Waals surface area contributed by atoms with Crippen LogP contribution in [0.15, 0.2) is 30.3 Å². The van der Waals surface area contributed by atoms with Gasteiger partial charge < -0.3 is 16.2 Å². The Morgan fingerprint density at radius 1 is 1.24 bits per heavy atom. The molecule has 0 aliphatic heterocycles. The second-order valence-electron chi connectivity index (χ2n) is 5.44. The van der Waals surface area contributed by atoms with Crippen molar-refractivity contribution in [2.24, 2.45) is 17.6 Å². The van der Waals surface area contributed by atoms with Crippen LogP contribution >= 0.6 is 0 Å². The van der Waals surface area contributed by atoms with Crippen LogP contribution in [0.3, 0.4) is 0 Å². The first kappa shape index (κ1) is 17.2. The topological polar surface area (TPSA) is 92.4 Å². The number of amides is 1. The minimum Gasteiger partial charge on any atom is -0.480 e. The third-order valence-corrected chi connectivity index (χ3v) is 3.91. The summed E-state index contributed by atoms with van der Waals surface area (Å²) in [6, 6.07) is 7.98. The van der Waals surface area contributed by atoms with Crippen LogP contribution in [0.4, 0.5) is 0 Å². The number of nitrogens with one attached hydrogen (secondary N) is 1. The van der Waals surface area contributed by atoms with Gasteiger partial charge in [0.1, 0.15) is 6.04 Å². The molecule has 1 aromatic carbocycles. The van der Waals surface area contributed by atoms with Crippen molar-refractivity contribution in [3.05, 3.63) is 35.9 Å². The van der Waals surface area contributed by atoms with Gasteiger partial charge in [0.05, 0.1) is 5.92 Å². The Hall–Kier alpha value is -1.88. The Morgan fingerprint density at radius 2 is 1.81 bits per heavy atom. The summed E-state index contributed by atoms with van der Waals surface area (Å²) < 4.78 is 0. The number of rotatable bonds is 7. The molecule has 1 amide bonds. The lowest BCUT2D eigenvalue weighted by Gasteiger charge is -2.25. The molecule has 0 fully saturated rings. The average molecular weight is 292 g/mol. The molecule has 4 N–H and O–H groups in total. The maximum Gasteiger partial charge on any atom is 0.326 e. The van der Waals surface area contributed by atoms with E-state index in [9.17, 15) is 14.7 Å². The summed E-state index contributed by atoms with van der Waals surface area (Å²) in [6.07, 6.45) is 0.677. The van der Waals surface area contributed by atoms with Crippen molar-refractivity contribution in [3.63, 3.8) is 0 Å². The van der Waals surface area contributed by atoms with Gasteiger partial charge in [0.25, 0.3) is 0 Å². The largest absolute Gasteiger partial charge is 0.480 e. The molecule has 0 aliphatic rings. The van der Waals surface area contributed by atoms with Crippen molar-refractivity contribution in [1.82, 2.24) is 5.32 Å². The Labute approximate surface area is 125 Å². The zero-order chi connectivity index (χ0) is 16.0. The maximum absolute atomic E-state index is 12.2. The Balaban J connectivity index is 2.75. The number of carboxylic acids is 1. The number of carbonyl (C=O) groups is 2. The van der Waals surface area contributed by atoms with E-state index in [0.717, 1.165) is 5.56 Å². The molecule has 0 bridgehead atoms. The zero-order valence-corrected chi connectivity index (χ0v) is 12.7. The maximum atomic E-state index is 12.2. The minimum absolute atomic E-state index is 0.133. The molecule has 3 unspecified atom stereocenters. The smallest absolute Gasteiger partial charge is 0.326 e. The second kappa shape index (κ2) is 7.78. The number of carbonyl (C=O) groups excluding carboxylic acids is 1. The van der Waals surface area contributed by atoms with E-state index in [1.54, 1.807) is 13.8 Å². The van der Waals surface area contributed by atoms with Crippen LogP contribution in [-0.4, -0.2) is 23.0 Å². The Bertz CT molecular complexity index is 476. The number of hydrogen-bond acceptors (Lipinski definition) is 3. The first-order chi connectivity index (χ1) is 9.88. The molecular formula is C16H24N2O3. The fourth-order valence-corrected chi connectivity index (χ4v) is 2.09. The van der Waals surface area contributed by atoms with Crippen LogP contribution in [0.25, 0.3) is 0 Å². The van der Waals surface area contributed by atoms with Gasteiger partial charge >= 0.3 is 5.97 Å². The molecule has 5 heteroatoms. The molecule has 1 aromatic rings. The highest BCUT2D eigenvalue weighted by Crippen LogP contribution is 2.20. The van der Waals surface area contributed by atoms with Gasteiger partial charge in [-0.1, -0.05) is 57.5 Å². The lowest BCUT2D eigenvalue weighted by molar-refractivity contribution is -0.144. The molecule has 116 valence electrons. The Morgan fingerprint density at radius 3 is 2.29 bits per heavy atom. The van der Waals surface area contributed by atoms with Gasteiger partial charge in [-0.15, -0.1) is 0 Å². The third-order valence-electron chi connectivity index (χ3n) is 3.91. The van der Waals surface area contributed by atoms with E-state index < -0.39 is 24.0 Å². The number of nitrogens with two attached hydrogens (primary N) is 1. The summed E-state index contributed by atoms with van der Waals surface area (Å²) in [5.74, 6) is -1.98. The average Bonchev–Trinajstić information content (AvgIpc) is 2.50. The molecular weight excluding hydrogens is 268 g/mol. The van der Waals surface area contributed by atoms with E-state index in [4.69, 9.17) is 5.73 Å². The SMILES string of the molecule is CCC(C)[C@H](NC(=O)C(C)C(N)c1ccccc1)C(=O)O. The van der Waals surface area contributed by atoms with Crippen molar-refractivity contribution in [2.75, 3.05) is 0 Å². The van der Waals surface area contributed by atoms with Gasteiger partial charge in [-0.05, 0) is 11.5 Å². The van der Waals surface area contributed by atoms with Gasteiger partial charge in [0.2, 0.25) is 5.91 Å². The van der Waals surface area contributed by atoms with Crippen LogP contribution in [0.1, 0.15) is 38.8 Å². The van der Waals surface area contributed by atoms with Crippen LogP contribution in [0.5, 0.6) is 0 Å². The second-order valence-corrected chi connectivity index (χ2v) is 5.44. The standard InChI is InChI=1S/C16H24N2O3/c1-4-10(2)14(16(20)21)18-15(19)11(3)13(17)12-8-6-5-7-9-12/h5-11,13-14H,4,17H2,1-3H3,(H,18,19)(H,20,21)/t10?,11?,13?,14-/m0/s1. The van der Waals surface area contributed by atoms with Gasteiger partial charge in [-0.25, -0.2) is 4.79 Å². The summed E-state index contributed by atoms with van der Waals surface area (Å²) in [5, 5.41) is 11.8. The van der Waals surface area contributed by atoms with E-state index in [2.05, 4.69) is 5.32 Å². The fraction of sp³-hybridized carbons (Fsp3) is 0.500. The zero-order valence-electron chi connectivity index (χ0n) is 12.7. The van der Waals surface area contributed by atoms with E-state index in [0.29, 0.717) is 6.42 Å². The normalized spacial score (nSPS) is 16.6. The van der Waals surface area contributed by atoms with Crippen molar-refractivity contribution < 1.29 is 14.7 Å². The van der Waals surface area contributed by atoms with Crippen LogP contribution in [0, 0.1) is 11.8 Å². The predicted octanol–water partition coefficient (Wildman–Crippen LogP) is 1.94. The molecule has 0 aliphatic carbocycles. The van der Waals surface area contributed by atoms with Gasteiger partial charge in [-0.3, -0.25) is 4.79 Å².